The number of carbonyl (C=O) groups is 2. The molecule has 27 heavy (non-hydrogen) atoms. The minimum atomic E-state index is -1.54. The van der Waals surface area contributed by atoms with Crippen LogP contribution in [0.2, 0.25) is 5.02 Å². The van der Waals surface area contributed by atoms with Crippen molar-refractivity contribution in [1.82, 2.24) is 9.78 Å². The molecule has 1 saturated carbocycles. The number of benzene rings is 1. The summed E-state index contributed by atoms with van der Waals surface area (Å²) in [5, 5.41) is 13.9. The molecule has 2 aliphatic carbocycles. The number of nitrogens with zero attached hydrogens (tertiary/aromatic N) is 2. The molecular weight excluding hydrogens is 486 g/mol. The van der Waals surface area contributed by atoms with Crippen LogP contribution in [0.3, 0.4) is 0 Å². The Morgan fingerprint density at radius 1 is 1.37 bits per heavy atom. The first-order valence-corrected chi connectivity index (χ1v) is 10.3. The van der Waals surface area contributed by atoms with Crippen molar-refractivity contribution >= 4 is 46.1 Å². The maximum atomic E-state index is 15.1. The normalized spacial score (nSPS) is 20.6. The van der Waals surface area contributed by atoms with E-state index in [4.69, 9.17) is 11.6 Å². The van der Waals surface area contributed by atoms with Crippen molar-refractivity contribution in [3.63, 3.8) is 0 Å². The molecule has 2 aromatic rings. The van der Waals surface area contributed by atoms with Gasteiger partial charge in [0.05, 0.1) is 22.2 Å². The van der Waals surface area contributed by atoms with Gasteiger partial charge in [-0.3, -0.25) is 9.59 Å². The van der Waals surface area contributed by atoms with Crippen LogP contribution in [-0.4, -0.2) is 26.8 Å². The smallest absolute Gasteiger partial charge is 0.306 e. The highest BCUT2D eigenvalue weighted by Gasteiger charge is 2.43. The van der Waals surface area contributed by atoms with Gasteiger partial charge in [0.1, 0.15) is 9.37 Å². The zero-order chi connectivity index (χ0) is 19.3. The second kappa shape index (κ2) is 6.84. The van der Waals surface area contributed by atoms with E-state index < -0.39 is 23.5 Å². The molecule has 0 amide bonds. The Balaban J connectivity index is 1.81. The summed E-state index contributed by atoms with van der Waals surface area (Å²) in [6, 6.07) is 4.83. The first-order valence-electron chi connectivity index (χ1n) is 8.83. The molecule has 0 bridgehead atoms. The Kier molecular flexibility index (Phi) is 4.78. The third kappa shape index (κ3) is 3.08. The number of fused-ring (bicyclic) bond motifs is 1. The summed E-state index contributed by atoms with van der Waals surface area (Å²) in [7, 11) is 0. The van der Waals surface area contributed by atoms with Gasteiger partial charge in [0.25, 0.3) is 5.91 Å². The Bertz CT molecular complexity index is 955. The lowest BCUT2D eigenvalue weighted by atomic mass is 9.75. The van der Waals surface area contributed by atoms with E-state index in [-0.39, 0.29) is 17.0 Å². The van der Waals surface area contributed by atoms with Gasteiger partial charge in [0, 0.05) is 17.5 Å². The summed E-state index contributed by atoms with van der Waals surface area (Å²) < 4.78 is 17.1. The lowest BCUT2D eigenvalue weighted by Gasteiger charge is -2.35. The second-order valence-electron chi connectivity index (χ2n) is 7.19. The maximum absolute atomic E-state index is 15.1. The monoisotopic (exact) mass is 502 g/mol. The predicted molar refractivity (Wildman–Crippen MR) is 106 cm³/mol. The number of aromatic nitrogens is 2. The van der Waals surface area contributed by atoms with Gasteiger partial charge < -0.3 is 5.11 Å². The second-order valence-corrected chi connectivity index (χ2v) is 8.62. The molecule has 1 fully saturated rings. The summed E-state index contributed by atoms with van der Waals surface area (Å²) in [5.74, 6) is -1.93. The minimum absolute atomic E-state index is 0.125. The highest BCUT2D eigenvalue weighted by molar-refractivity contribution is 14.1. The van der Waals surface area contributed by atoms with E-state index in [0.717, 1.165) is 12.0 Å². The fraction of sp³-hybridized carbons (Fsp3) is 0.421. The molecule has 1 unspecified atom stereocenters. The molecule has 1 aromatic carbocycles. The highest BCUT2D eigenvalue weighted by Crippen LogP contribution is 2.47. The Morgan fingerprint density at radius 3 is 2.74 bits per heavy atom. The standard InChI is InChI=1S/C19H17ClFIN2O3/c20-13-4-1-3-12(19(21)7-2-8-19)15(13)17(25)24-14-9-10(18(26)27)5-6-11(14)16(22)23-24/h1,3-4,10H,2,5-9H2,(H,26,27). The van der Waals surface area contributed by atoms with E-state index in [0.29, 0.717) is 40.6 Å². The van der Waals surface area contributed by atoms with Gasteiger partial charge in [-0.2, -0.15) is 9.78 Å². The van der Waals surface area contributed by atoms with Gasteiger partial charge in [0.15, 0.2) is 0 Å². The molecular formula is C19H17ClFIN2O3. The molecule has 8 heteroatoms. The van der Waals surface area contributed by atoms with Crippen molar-refractivity contribution in [2.24, 2.45) is 5.92 Å². The van der Waals surface area contributed by atoms with E-state index >= 15 is 4.39 Å². The number of carbonyl (C=O) groups excluding carboxylic acids is 1. The van der Waals surface area contributed by atoms with Crippen LogP contribution in [0.5, 0.6) is 0 Å². The molecule has 142 valence electrons. The van der Waals surface area contributed by atoms with Crippen molar-refractivity contribution in [2.45, 2.75) is 44.2 Å². The summed E-state index contributed by atoms with van der Waals surface area (Å²) >= 11 is 8.36. The number of halogens is 3. The van der Waals surface area contributed by atoms with Crippen molar-refractivity contribution in [2.75, 3.05) is 0 Å². The van der Waals surface area contributed by atoms with Gasteiger partial charge in [-0.05, 0) is 60.8 Å². The van der Waals surface area contributed by atoms with Crippen molar-refractivity contribution in [3.05, 3.63) is 49.3 Å². The van der Waals surface area contributed by atoms with Crippen molar-refractivity contribution in [1.29, 1.82) is 0 Å². The van der Waals surface area contributed by atoms with Crippen LogP contribution in [0.15, 0.2) is 18.2 Å². The lowest BCUT2D eigenvalue weighted by Crippen LogP contribution is -2.33. The number of carboxylic acid groups (broad SMARTS) is 1. The summed E-state index contributed by atoms with van der Waals surface area (Å²) in [6.07, 6.45) is 2.80. The zero-order valence-electron chi connectivity index (χ0n) is 14.3. The largest absolute Gasteiger partial charge is 0.481 e. The van der Waals surface area contributed by atoms with Gasteiger partial charge in [-0.1, -0.05) is 23.7 Å². The van der Waals surface area contributed by atoms with Crippen molar-refractivity contribution < 1.29 is 19.1 Å². The maximum Gasteiger partial charge on any atom is 0.306 e. The zero-order valence-corrected chi connectivity index (χ0v) is 17.3. The lowest BCUT2D eigenvalue weighted by molar-refractivity contribution is -0.142. The fourth-order valence-electron chi connectivity index (χ4n) is 3.92. The summed E-state index contributed by atoms with van der Waals surface area (Å²) in [5.41, 5.74) is 0.376. The average Bonchev–Trinajstić information content (AvgIpc) is 2.95. The Labute approximate surface area is 174 Å². The molecule has 0 radical (unpaired) electrons. The molecule has 0 aliphatic heterocycles. The van der Waals surface area contributed by atoms with Crippen LogP contribution in [0.1, 0.15) is 52.9 Å². The van der Waals surface area contributed by atoms with Crippen LogP contribution in [0, 0.1) is 9.62 Å². The third-order valence-electron chi connectivity index (χ3n) is 5.62. The molecule has 4 rings (SSSR count). The van der Waals surface area contributed by atoms with Gasteiger partial charge >= 0.3 is 5.97 Å². The average molecular weight is 503 g/mol. The van der Waals surface area contributed by atoms with Crippen LogP contribution in [0.25, 0.3) is 0 Å². The number of hydrogen-bond acceptors (Lipinski definition) is 3. The Morgan fingerprint density at radius 2 is 2.11 bits per heavy atom. The third-order valence-corrected chi connectivity index (χ3v) is 6.80. The van der Waals surface area contributed by atoms with E-state index in [1.807, 2.05) is 0 Å². The SMILES string of the molecule is O=C(O)C1CCc2c(I)nn(C(=O)c3c(Cl)cccc3C3(F)CCC3)c2C1. The molecule has 2 aliphatic rings. The van der Waals surface area contributed by atoms with Crippen LogP contribution < -0.4 is 0 Å². The topological polar surface area (TPSA) is 72.2 Å². The number of alkyl halides is 1. The number of hydrogen-bond donors (Lipinski definition) is 1. The summed E-state index contributed by atoms with van der Waals surface area (Å²) in [6.45, 7) is 0. The highest BCUT2D eigenvalue weighted by atomic mass is 127. The quantitative estimate of drug-likeness (QED) is 0.633. The first-order chi connectivity index (χ1) is 12.8. The van der Waals surface area contributed by atoms with Crippen LogP contribution >= 0.6 is 34.2 Å². The molecule has 1 aromatic heterocycles. The molecule has 1 atom stereocenters. The predicted octanol–water partition coefficient (Wildman–Crippen LogP) is 4.37. The van der Waals surface area contributed by atoms with Crippen molar-refractivity contribution in [3.8, 4) is 0 Å². The van der Waals surface area contributed by atoms with Crippen LogP contribution in [-0.2, 0) is 23.3 Å². The fourth-order valence-corrected chi connectivity index (χ4v) is 4.97. The minimum Gasteiger partial charge on any atom is -0.481 e. The van der Waals surface area contributed by atoms with E-state index in [2.05, 4.69) is 27.7 Å². The van der Waals surface area contributed by atoms with E-state index in [1.165, 1.54) is 4.68 Å². The molecule has 1 N–H and O–H groups in total. The number of rotatable bonds is 3. The molecule has 5 nitrogen and oxygen atoms in total. The van der Waals surface area contributed by atoms with E-state index in [9.17, 15) is 14.7 Å². The van der Waals surface area contributed by atoms with E-state index in [1.54, 1.807) is 18.2 Å². The molecule has 0 spiro atoms. The molecule has 0 saturated heterocycles. The number of aliphatic carboxylic acids is 1. The molecule has 1 heterocycles. The van der Waals surface area contributed by atoms with Gasteiger partial charge in [0.2, 0.25) is 0 Å². The Hall–Kier alpha value is -1.48. The number of carboxylic acids is 1. The first kappa shape index (κ1) is 18.9. The van der Waals surface area contributed by atoms with Crippen LogP contribution in [0.4, 0.5) is 4.39 Å². The van der Waals surface area contributed by atoms with Gasteiger partial charge in [-0.15, -0.1) is 0 Å². The van der Waals surface area contributed by atoms with Gasteiger partial charge in [-0.25, -0.2) is 4.39 Å². The summed E-state index contributed by atoms with van der Waals surface area (Å²) in [4.78, 5) is 24.8.